The summed E-state index contributed by atoms with van der Waals surface area (Å²) in [5.74, 6) is 1.43. The molecule has 1 unspecified atom stereocenters. The van der Waals surface area contributed by atoms with Crippen LogP contribution in [0.1, 0.15) is 25.3 Å². The van der Waals surface area contributed by atoms with Gasteiger partial charge < -0.3 is 15.6 Å². The second kappa shape index (κ2) is 7.85. The van der Waals surface area contributed by atoms with Crippen LogP contribution in [0.5, 0.6) is 0 Å². The third-order valence-electron chi connectivity index (χ3n) is 4.31. The molecule has 4 nitrogen and oxygen atoms in total. The predicted molar refractivity (Wildman–Crippen MR) is 104 cm³/mol. The van der Waals surface area contributed by atoms with Crippen molar-refractivity contribution in [2.45, 2.75) is 26.2 Å². The predicted octanol–water partition coefficient (Wildman–Crippen LogP) is 3.38. The summed E-state index contributed by atoms with van der Waals surface area (Å²) in [5, 5.41) is 1.29. The minimum Gasteiger partial charge on any atom is -0.370 e. The van der Waals surface area contributed by atoms with E-state index in [9.17, 15) is 0 Å². The van der Waals surface area contributed by atoms with Crippen LogP contribution >= 0.6 is 24.0 Å². The molecule has 1 saturated heterocycles. The van der Waals surface area contributed by atoms with Gasteiger partial charge in [-0.15, -0.1) is 24.0 Å². The third-order valence-corrected chi connectivity index (χ3v) is 4.31. The number of aromatic nitrogens is 1. The molecule has 1 aliphatic rings. The molecule has 1 aliphatic heterocycles. The number of hydrogen-bond acceptors (Lipinski definition) is 1. The zero-order chi connectivity index (χ0) is 14.7. The third kappa shape index (κ3) is 3.94. The van der Waals surface area contributed by atoms with Crippen LogP contribution in [0.4, 0.5) is 0 Å². The molecule has 0 aliphatic carbocycles. The Balaban J connectivity index is 0.00000176. The first-order valence-corrected chi connectivity index (χ1v) is 7.84. The lowest BCUT2D eigenvalue weighted by atomic mass is 10.0. The van der Waals surface area contributed by atoms with E-state index >= 15 is 0 Å². The summed E-state index contributed by atoms with van der Waals surface area (Å²) in [5.41, 5.74) is 8.63. The maximum Gasteiger partial charge on any atom is 0.191 e. The van der Waals surface area contributed by atoms with Crippen molar-refractivity contribution in [1.29, 1.82) is 0 Å². The number of hydrogen-bond donors (Lipinski definition) is 2. The van der Waals surface area contributed by atoms with Gasteiger partial charge in [0, 0.05) is 36.7 Å². The molecule has 0 radical (unpaired) electrons. The van der Waals surface area contributed by atoms with Gasteiger partial charge >= 0.3 is 0 Å². The number of guanidine groups is 1. The highest BCUT2D eigenvalue weighted by Crippen LogP contribution is 2.18. The van der Waals surface area contributed by atoms with Gasteiger partial charge in [-0.1, -0.05) is 25.1 Å². The Morgan fingerprint density at radius 3 is 3.05 bits per heavy atom. The molecule has 1 fully saturated rings. The first-order valence-electron chi connectivity index (χ1n) is 7.84. The Hall–Kier alpha value is -1.24. The molecule has 2 heterocycles. The summed E-state index contributed by atoms with van der Waals surface area (Å²) in [6.07, 6.45) is 5.53. The summed E-state index contributed by atoms with van der Waals surface area (Å²) in [6, 6.07) is 8.38. The van der Waals surface area contributed by atoms with E-state index < -0.39 is 0 Å². The molecule has 0 bridgehead atoms. The number of fused-ring (bicyclic) bond motifs is 1. The summed E-state index contributed by atoms with van der Waals surface area (Å²) in [6.45, 7) is 5.12. The first kappa shape index (κ1) is 17.1. The molecule has 1 atom stereocenters. The Morgan fingerprint density at radius 1 is 1.41 bits per heavy atom. The van der Waals surface area contributed by atoms with E-state index in [0.29, 0.717) is 5.96 Å². The summed E-state index contributed by atoms with van der Waals surface area (Å²) < 4.78 is 0. The molecular weight excluding hydrogens is 387 g/mol. The smallest absolute Gasteiger partial charge is 0.191 e. The number of para-hydroxylation sites is 1. The fourth-order valence-electron chi connectivity index (χ4n) is 3.13. The van der Waals surface area contributed by atoms with Crippen molar-refractivity contribution in [2.75, 3.05) is 19.6 Å². The normalized spacial score (nSPS) is 19.2. The number of nitrogens with two attached hydrogens (primary N) is 1. The second-order valence-corrected chi connectivity index (χ2v) is 6.04. The van der Waals surface area contributed by atoms with Gasteiger partial charge in [-0.3, -0.25) is 4.99 Å². The lowest BCUT2D eigenvalue weighted by Crippen LogP contribution is -2.43. The average molecular weight is 412 g/mol. The molecule has 120 valence electrons. The molecule has 0 spiro atoms. The van der Waals surface area contributed by atoms with E-state index in [1.165, 1.54) is 29.3 Å². The standard InChI is InChI=1S/C17H24N4.HI/c1-13-5-4-10-21(12-13)17(18)19-9-8-14-11-20-16-7-3-2-6-15(14)16;/h2-3,6-7,11,13,20H,4-5,8-10,12H2,1H3,(H2,18,19);1H. The molecule has 3 N–H and O–H groups in total. The molecule has 2 aromatic rings. The number of piperidine rings is 1. The summed E-state index contributed by atoms with van der Waals surface area (Å²) in [4.78, 5) is 10.1. The molecule has 1 aromatic carbocycles. The lowest BCUT2D eigenvalue weighted by molar-refractivity contribution is 0.270. The number of aromatic amines is 1. The van der Waals surface area contributed by atoms with E-state index in [2.05, 4.69) is 52.3 Å². The number of benzene rings is 1. The van der Waals surface area contributed by atoms with Crippen molar-refractivity contribution in [2.24, 2.45) is 16.6 Å². The van der Waals surface area contributed by atoms with Crippen LogP contribution in [0.2, 0.25) is 0 Å². The quantitative estimate of drug-likeness (QED) is 0.462. The Morgan fingerprint density at radius 2 is 2.23 bits per heavy atom. The number of aliphatic imine (C=N–C) groups is 1. The van der Waals surface area contributed by atoms with Crippen LogP contribution in [0.3, 0.4) is 0 Å². The molecule has 0 amide bonds. The van der Waals surface area contributed by atoms with Crippen LogP contribution < -0.4 is 5.73 Å². The monoisotopic (exact) mass is 412 g/mol. The Labute approximate surface area is 149 Å². The Bertz CT molecular complexity index is 634. The first-order chi connectivity index (χ1) is 10.2. The van der Waals surface area contributed by atoms with Gasteiger partial charge in [0.1, 0.15) is 0 Å². The minimum atomic E-state index is 0. The number of halogens is 1. The van der Waals surface area contributed by atoms with E-state index in [1.807, 2.05) is 0 Å². The van der Waals surface area contributed by atoms with Crippen molar-refractivity contribution in [3.05, 3.63) is 36.0 Å². The van der Waals surface area contributed by atoms with E-state index in [-0.39, 0.29) is 24.0 Å². The molecule has 22 heavy (non-hydrogen) atoms. The maximum atomic E-state index is 6.13. The topological polar surface area (TPSA) is 57.4 Å². The van der Waals surface area contributed by atoms with Gasteiger partial charge in [-0.25, -0.2) is 0 Å². The largest absolute Gasteiger partial charge is 0.370 e. The molecule has 5 heteroatoms. The zero-order valence-corrected chi connectivity index (χ0v) is 15.4. The zero-order valence-electron chi connectivity index (χ0n) is 13.1. The van der Waals surface area contributed by atoms with Gasteiger partial charge in [0.2, 0.25) is 0 Å². The van der Waals surface area contributed by atoms with Gasteiger partial charge in [-0.2, -0.15) is 0 Å². The van der Waals surface area contributed by atoms with Crippen molar-refractivity contribution in [1.82, 2.24) is 9.88 Å². The average Bonchev–Trinajstić information content (AvgIpc) is 2.91. The van der Waals surface area contributed by atoms with Gasteiger partial charge in [-0.05, 0) is 36.8 Å². The fraction of sp³-hybridized carbons (Fsp3) is 0.471. The summed E-state index contributed by atoms with van der Waals surface area (Å²) in [7, 11) is 0. The molecule has 3 rings (SSSR count). The van der Waals surface area contributed by atoms with Crippen LogP contribution in [-0.4, -0.2) is 35.5 Å². The van der Waals surface area contributed by atoms with Gasteiger partial charge in [0.05, 0.1) is 0 Å². The maximum absolute atomic E-state index is 6.13. The lowest BCUT2D eigenvalue weighted by Gasteiger charge is -2.31. The van der Waals surface area contributed by atoms with Crippen molar-refractivity contribution >= 4 is 40.8 Å². The Kier molecular flexibility index (Phi) is 6.11. The van der Waals surface area contributed by atoms with Crippen molar-refractivity contribution in [3.8, 4) is 0 Å². The SMILES string of the molecule is CC1CCCN(C(N)=NCCc2c[nH]c3ccccc23)C1.I. The van der Waals surface area contributed by atoms with E-state index in [0.717, 1.165) is 32.0 Å². The van der Waals surface area contributed by atoms with Crippen molar-refractivity contribution in [3.63, 3.8) is 0 Å². The number of likely N-dealkylation sites (tertiary alicyclic amines) is 1. The van der Waals surface area contributed by atoms with Crippen LogP contribution in [0.25, 0.3) is 10.9 Å². The highest BCUT2D eigenvalue weighted by Gasteiger charge is 2.17. The number of rotatable bonds is 3. The molecular formula is C17H25IN4. The highest BCUT2D eigenvalue weighted by molar-refractivity contribution is 14.0. The van der Waals surface area contributed by atoms with E-state index in [1.54, 1.807) is 0 Å². The van der Waals surface area contributed by atoms with Crippen molar-refractivity contribution < 1.29 is 0 Å². The van der Waals surface area contributed by atoms with E-state index in [4.69, 9.17) is 5.73 Å². The number of H-pyrrole nitrogens is 1. The minimum absolute atomic E-state index is 0. The van der Waals surface area contributed by atoms with Crippen LogP contribution in [0.15, 0.2) is 35.5 Å². The fourth-order valence-corrected chi connectivity index (χ4v) is 3.13. The number of nitrogens with zero attached hydrogens (tertiary/aromatic N) is 2. The van der Waals surface area contributed by atoms with Crippen LogP contribution in [-0.2, 0) is 6.42 Å². The van der Waals surface area contributed by atoms with Crippen LogP contribution in [0, 0.1) is 5.92 Å². The second-order valence-electron chi connectivity index (χ2n) is 6.04. The molecule has 0 saturated carbocycles. The highest BCUT2D eigenvalue weighted by atomic mass is 127. The van der Waals surface area contributed by atoms with Gasteiger partial charge in [0.25, 0.3) is 0 Å². The van der Waals surface area contributed by atoms with Gasteiger partial charge in [0.15, 0.2) is 5.96 Å². The number of nitrogens with one attached hydrogen (secondary N) is 1. The summed E-state index contributed by atoms with van der Waals surface area (Å²) >= 11 is 0. The molecule has 1 aromatic heterocycles.